The number of carbonyl (C=O) groups excluding carboxylic acids is 1. The maximum atomic E-state index is 12.1. The molecule has 0 radical (unpaired) electrons. The van der Waals surface area contributed by atoms with Crippen LogP contribution in [0.2, 0.25) is 0 Å². The van der Waals surface area contributed by atoms with Crippen LogP contribution in [0.1, 0.15) is 20.8 Å². The molecule has 0 aliphatic rings. The first-order valence-electron chi connectivity index (χ1n) is 5.36. The lowest BCUT2D eigenvalue weighted by Crippen LogP contribution is -2.26. The predicted octanol–water partition coefficient (Wildman–Crippen LogP) is 0.689. The van der Waals surface area contributed by atoms with Gasteiger partial charge in [0.05, 0.1) is 19.4 Å². The van der Waals surface area contributed by atoms with Crippen molar-refractivity contribution in [1.29, 1.82) is 0 Å². The third-order valence-corrected chi connectivity index (χ3v) is 4.11. The molecule has 0 spiro atoms. The SMILES string of the molecule is CCOP(=O)(CC(C)C(=O)N=C(N)N)OCC. The van der Waals surface area contributed by atoms with Crippen molar-refractivity contribution in [2.45, 2.75) is 20.8 Å². The molecule has 1 unspecified atom stereocenters. The minimum Gasteiger partial charge on any atom is -0.370 e. The van der Waals surface area contributed by atoms with Crippen LogP contribution in [0.15, 0.2) is 4.99 Å². The molecular formula is C9H20N3O4P. The first kappa shape index (κ1) is 16.1. The van der Waals surface area contributed by atoms with E-state index in [9.17, 15) is 9.36 Å². The fourth-order valence-corrected chi connectivity index (χ4v) is 3.09. The Morgan fingerprint density at radius 1 is 1.29 bits per heavy atom. The molecule has 0 aromatic rings. The Morgan fingerprint density at radius 2 is 1.76 bits per heavy atom. The second kappa shape index (κ2) is 7.42. The molecule has 0 aliphatic heterocycles. The zero-order valence-corrected chi connectivity index (χ0v) is 11.3. The Hall–Kier alpha value is -0.910. The Bertz CT molecular complexity index is 318. The normalized spacial score (nSPS) is 13.1. The third-order valence-electron chi connectivity index (χ3n) is 1.81. The molecular weight excluding hydrogens is 245 g/mol. The molecule has 0 heterocycles. The Labute approximate surface area is 101 Å². The number of amides is 1. The van der Waals surface area contributed by atoms with Gasteiger partial charge in [0, 0.05) is 5.92 Å². The predicted molar refractivity (Wildman–Crippen MR) is 65.7 cm³/mol. The lowest BCUT2D eigenvalue weighted by molar-refractivity contribution is -0.120. The van der Waals surface area contributed by atoms with Crippen molar-refractivity contribution in [2.24, 2.45) is 22.4 Å². The molecule has 4 N–H and O–H groups in total. The Morgan fingerprint density at radius 3 is 2.12 bits per heavy atom. The van der Waals surface area contributed by atoms with Crippen LogP contribution in [-0.2, 0) is 18.4 Å². The molecule has 0 aromatic heterocycles. The fraction of sp³-hybridized carbons (Fsp3) is 0.778. The van der Waals surface area contributed by atoms with Crippen LogP contribution in [0.5, 0.6) is 0 Å². The van der Waals surface area contributed by atoms with Gasteiger partial charge >= 0.3 is 7.60 Å². The van der Waals surface area contributed by atoms with Gasteiger partial charge in [-0.2, -0.15) is 4.99 Å². The van der Waals surface area contributed by atoms with E-state index < -0.39 is 19.4 Å². The summed E-state index contributed by atoms with van der Waals surface area (Å²) in [5, 5.41) is 0. The van der Waals surface area contributed by atoms with Crippen molar-refractivity contribution in [1.82, 2.24) is 0 Å². The minimum atomic E-state index is -3.24. The molecule has 0 aromatic carbocycles. The highest BCUT2D eigenvalue weighted by atomic mass is 31.2. The summed E-state index contributed by atoms with van der Waals surface area (Å²) in [6.07, 6.45) is -0.0374. The number of carbonyl (C=O) groups is 1. The van der Waals surface area contributed by atoms with Crippen LogP contribution >= 0.6 is 7.60 Å². The zero-order valence-electron chi connectivity index (χ0n) is 10.4. The van der Waals surface area contributed by atoms with Gasteiger partial charge in [-0.15, -0.1) is 0 Å². The number of aliphatic imine (C=N–C) groups is 1. The molecule has 1 amide bonds. The molecule has 1 atom stereocenters. The van der Waals surface area contributed by atoms with Gasteiger partial charge in [-0.3, -0.25) is 9.36 Å². The molecule has 17 heavy (non-hydrogen) atoms. The summed E-state index contributed by atoms with van der Waals surface area (Å²) in [6.45, 7) is 5.47. The summed E-state index contributed by atoms with van der Waals surface area (Å²) < 4.78 is 22.2. The number of guanidine groups is 1. The average Bonchev–Trinajstić information content (AvgIpc) is 2.16. The number of nitrogens with two attached hydrogens (primary N) is 2. The molecule has 0 saturated carbocycles. The van der Waals surface area contributed by atoms with Crippen LogP contribution in [-0.4, -0.2) is 31.2 Å². The molecule has 100 valence electrons. The molecule has 0 fully saturated rings. The van der Waals surface area contributed by atoms with E-state index >= 15 is 0 Å². The van der Waals surface area contributed by atoms with Gasteiger partial charge in [-0.1, -0.05) is 6.92 Å². The van der Waals surface area contributed by atoms with E-state index in [2.05, 4.69) is 4.99 Å². The Balaban J connectivity index is 4.61. The van der Waals surface area contributed by atoms with Gasteiger partial charge in [0.2, 0.25) is 0 Å². The van der Waals surface area contributed by atoms with E-state index in [1.54, 1.807) is 20.8 Å². The van der Waals surface area contributed by atoms with Crippen molar-refractivity contribution in [2.75, 3.05) is 19.4 Å². The van der Waals surface area contributed by atoms with Crippen LogP contribution in [0.3, 0.4) is 0 Å². The second-order valence-electron chi connectivity index (χ2n) is 3.40. The summed E-state index contributed by atoms with van der Waals surface area (Å²) in [5.41, 5.74) is 10.2. The van der Waals surface area contributed by atoms with E-state index in [4.69, 9.17) is 20.5 Å². The van der Waals surface area contributed by atoms with Gasteiger partial charge < -0.3 is 20.5 Å². The summed E-state index contributed by atoms with van der Waals surface area (Å²) >= 11 is 0. The van der Waals surface area contributed by atoms with Gasteiger partial charge in [-0.05, 0) is 13.8 Å². The second-order valence-corrected chi connectivity index (χ2v) is 5.51. The van der Waals surface area contributed by atoms with Gasteiger partial charge in [0.1, 0.15) is 0 Å². The van der Waals surface area contributed by atoms with E-state index in [0.717, 1.165) is 0 Å². The molecule has 8 heteroatoms. The summed E-state index contributed by atoms with van der Waals surface area (Å²) in [4.78, 5) is 14.8. The number of hydrogen-bond donors (Lipinski definition) is 2. The van der Waals surface area contributed by atoms with Crippen molar-refractivity contribution < 1.29 is 18.4 Å². The first-order valence-corrected chi connectivity index (χ1v) is 7.09. The van der Waals surface area contributed by atoms with Gasteiger partial charge in [-0.25, -0.2) is 0 Å². The van der Waals surface area contributed by atoms with E-state index in [1.165, 1.54) is 0 Å². The molecule has 0 saturated heterocycles. The van der Waals surface area contributed by atoms with Crippen molar-refractivity contribution in [3.63, 3.8) is 0 Å². The minimum absolute atomic E-state index is 0.0374. The van der Waals surface area contributed by atoms with Gasteiger partial charge in [0.25, 0.3) is 5.91 Å². The lowest BCUT2D eigenvalue weighted by Gasteiger charge is -2.19. The average molecular weight is 265 g/mol. The van der Waals surface area contributed by atoms with Crippen molar-refractivity contribution >= 4 is 19.5 Å². The van der Waals surface area contributed by atoms with Crippen molar-refractivity contribution in [3.05, 3.63) is 0 Å². The van der Waals surface area contributed by atoms with Crippen LogP contribution in [0.25, 0.3) is 0 Å². The van der Waals surface area contributed by atoms with Crippen molar-refractivity contribution in [3.8, 4) is 0 Å². The summed E-state index contributed by atoms with van der Waals surface area (Å²) in [5.74, 6) is -1.48. The first-order chi connectivity index (χ1) is 7.84. The van der Waals surface area contributed by atoms with Gasteiger partial charge in [0.15, 0.2) is 5.96 Å². The number of nitrogens with zero attached hydrogens (tertiary/aromatic N) is 1. The zero-order chi connectivity index (χ0) is 13.5. The van der Waals surface area contributed by atoms with Crippen LogP contribution in [0.4, 0.5) is 0 Å². The standard InChI is InChI=1S/C9H20N3O4P/c1-4-15-17(14,16-5-2)6-7(3)8(13)12-9(10)11/h7H,4-6H2,1-3H3,(H4,10,11,12,13). The third kappa shape index (κ3) is 6.41. The lowest BCUT2D eigenvalue weighted by atomic mass is 10.2. The monoisotopic (exact) mass is 265 g/mol. The van der Waals surface area contributed by atoms with E-state index in [-0.39, 0.29) is 25.3 Å². The largest absolute Gasteiger partial charge is 0.370 e. The quantitative estimate of drug-likeness (QED) is 0.397. The highest BCUT2D eigenvalue weighted by Crippen LogP contribution is 2.49. The van der Waals surface area contributed by atoms with E-state index in [1.807, 2.05) is 0 Å². The number of hydrogen-bond acceptors (Lipinski definition) is 4. The molecule has 7 nitrogen and oxygen atoms in total. The molecule has 0 bridgehead atoms. The molecule has 0 rings (SSSR count). The number of rotatable bonds is 7. The summed E-state index contributed by atoms with van der Waals surface area (Å²) in [6, 6.07) is 0. The van der Waals surface area contributed by atoms with Crippen LogP contribution in [0, 0.1) is 5.92 Å². The Kier molecular flexibility index (Phi) is 7.03. The van der Waals surface area contributed by atoms with Crippen LogP contribution < -0.4 is 11.5 Å². The molecule has 0 aliphatic carbocycles. The smallest absolute Gasteiger partial charge is 0.331 e. The highest BCUT2D eigenvalue weighted by molar-refractivity contribution is 7.53. The fourth-order valence-electron chi connectivity index (χ4n) is 1.19. The maximum Gasteiger partial charge on any atom is 0.331 e. The topological polar surface area (TPSA) is 117 Å². The highest BCUT2D eigenvalue weighted by Gasteiger charge is 2.29. The summed E-state index contributed by atoms with van der Waals surface area (Å²) in [7, 11) is -3.24. The maximum absolute atomic E-state index is 12.1. The van der Waals surface area contributed by atoms with E-state index in [0.29, 0.717) is 0 Å².